The first kappa shape index (κ1) is 13.2. The van der Waals surface area contributed by atoms with Gasteiger partial charge in [0.15, 0.2) is 0 Å². The fourth-order valence-corrected chi connectivity index (χ4v) is 1.45. The molecule has 94 valence electrons. The van der Waals surface area contributed by atoms with Gasteiger partial charge in [0.25, 0.3) is 0 Å². The number of hydrogen-bond donors (Lipinski definition) is 2. The van der Waals surface area contributed by atoms with Crippen LogP contribution in [0.4, 0.5) is 5.82 Å². The smallest absolute Gasteiger partial charge is 0.221 e. The number of carbonyl (C=O) groups excluding carboxylic acids is 1. The minimum Gasteiger partial charge on any atom is -0.481 e. The van der Waals surface area contributed by atoms with Gasteiger partial charge in [-0.15, -0.1) is 0 Å². The third-order valence-corrected chi connectivity index (χ3v) is 2.37. The van der Waals surface area contributed by atoms with Crippen LogP contribution in [0.3, 0.4) is 0 Å². The van der Waals surface area contributed by atoms with Crippen molar-refractivity contribution in [3.63, 3.8) is 0 Å². The minimum atomic E-state index is -0.259. The van der Waals surface area contributed by atoms with Gasteiger partial charge in [0, 0.05) is 13.0 Å². The number of nitrogens with zero attached hydrogens (tertiary/aromatic N) is 2. The lowest BCUT2D eigenvalue weighted by Crippen LogP contribution is -2.11. The van der Waals surface area contributed by atoms with Crippen LogP contribution in [0.25, 0.3) is 0 Å². The highest BCUT2D eigenvalue weighted by atomic mass is 16.5. The second-order valence-electron chi connectivity index (χ2n) is 3.71. The molecule has 17 heavy (non-hydrogen) atoms. The summed E-state index contributed by atoms with van der Waals surface area (Å²) in [5.74, 6) is 1.07. The molecular weight excluding hydrogens is 220 g/mol. The number of amides is 1. The summed E-state index contributed by atoms with van der Waals surface area (Å²) >= 11 is 0. The Hall–Kier alpha value is -1.85. The van der Waals surface area contributed by atoms with Crippen LogP contribution in [0.15, 0.2) is 6.33 Å². The molecule has 0 fully saturated rings. The molecule has 0 spiro atoms. The molecule has 0 saturated heterocycles. The van der Waals surface area contributed by atoms with Crippen molar-refractivity contribution in [1.29, 1.82) is 0 Å². The molecule has 0 saturated carbocycles. The zero-order valence-corrected chi connectivity index (χ0v) is 10.2. The zero-order valence-electron chi connectivity index (χ0n) is 10.2. The number of anilines is 1. The van der Waals surface area contributed by atoms with E-state index in [0.717, 1.165) is 30.8 Å². The molecule has 3 N–H and O–H groups in total. The summed E-state index contributed by atoms with van der Waals surface area (Å²) in [6.07, 6.45) is 3.53. The first-order valence-electron chi connectivity index (χ1n) is 5.53. The van der Waals surface area contributed by atoms with Crippen LogP contribution in [-0.2, 0) is 4.79 Å². The molecule has 0 bridgehead atoms. The van der Waals surface area contributed by atoms with E-state index in [2.05, 4.69) is 15.3 Å². The molecule has 0 aliphatic heterocycles. The van der Waals surface area contributed by atoms with E-state index < -0.39 is 0 Å². The van der Waals surface area contributed by atoms with Crippen molar-refractivity contribution in [3.8, 4) is 5.88 Å². The Balaban J connectivity index is 2.39. The minimum absolute atomic E-state index is 0.259. The van der Waals surface area contributed by atoms with E-state index in [0.29, 0.717) is 12.3 Å². The molecule has 6 heteroatoms. The molecular formula is C11H18N4O2. The van der Waals surface area contributed by atoms with Gasteiger partial charge >= 0.3 is 0 Å². The number of methoxy groups -OCH3 is 1. The van der Waals surface area contributed by atoms with E-state index in [-0.39, 0.29) is 5.91 Å². The van der Waals surface area contributed by atoms with Gasteiger partial charge in [-0.2, -0.15) is 0 Å². The molecule has 0 radical (unpaired) electrons. The number of unbranched alkanes of at least 4 members (excludes halogenated alkanes) is 1. The van der Waals surface area contributed by atoms with E-state index in [1.165, 1.54) is 6.33 Å². The van der Waals surface area contributed by atoms with Crippen LogP contribution in [0.2, 0.25) is 0 Å². The molecule has 1 amide bonds. The normalized spacial score (nSPS) is 10.0. The summed E-state index contributed by atoms with van der Waals surface area (Å²) in [7, 11) is 1.58. The Morgan fingerprint density at radius 1 is 1.47 bits per heavy atom. The Kier molecular flexibility index (Phi) is 5.19. The van der Waals surface area contributed by atoms with Gasteiger partial charge in [-0.1, -0.05) is 0 Å². The molecule has 0 aliphatic rings. The summed E-state index contributed by atoms with van der Waals surface area (Å²) < 4.78 is 5.09. The molecule has 6 nitrogen and oxygen atoms in total. The SMILES string of the molecule is COc1ncnc(NCCCCC(N)=O)c1C. The Bertz CT molecular complexity index is 382. The summed E-state index contributed by atoms with van der Waals surface area (Å²) in [5.41, 5.74) is 5.93. The van der Waals surface area contributed by atoms with Gasteiger partial charge in [0.1, 0.15) is 12.1 Å². The van der Waals surface area contributed by atoms with Gasteiger partial charge in [0.2, 0.25) is 11.8 Å². The molecule has 0 aliphatic carbocycles. The maximum Gasteiger partial charge on any atom is 0.221 e. The summed E-state index contributed by atoms with van der Waals surface area (Å²) in [6, 6.07) is 0. The molecule has 1 aromatic rings. The van der Waals surface area contributed by atoms with Gasteiger partial charge in [0.05, 0.1) is 12.7 Å². The summed E-state index contributed by atoms with van der Waals surface area (Å²) in [5, 5.41) is 3.18. The number of nitrogens with two attached hydrogens (primary N) is 1. The van der Waals surface area contributed by atoms with Gasteiger partial charge in [-0.25, -0.2) is 9.97 Å². The highest BCUT2D eigenvalue weighted by Gasteiger charge is 2.06. The number of rotatable bonds is 7. The fourth-order valence-electron chi connectivity index (χ4n) is 1.45. The van der Waals surface area contributed by atoms with Crippen LogP contribution in [0.1, 0.15) is 24.8 Å². The molecule has 1 heterocycles. The van der Waals surface area contributed by atoms with Crippen LogP contribution >= 0.6 is 0 Å². The van der Waals surface area contributed by atoms with Crippen molar-refractivity contribution in [1.82, 2.24) is 9.97 Å². The number of aromatic nitrogens is 2. The predicted molar refractivity (Wildman–Crippen MR) is 64.9 cm³/mol. The molecule has 0 unspecified atom stereocenters. The molecule has 0 atom stereocenters. The van der Waals surface area contributed by atoms with Crippen LogP contribution in [0, 0.1) is 6.92 Å². The highest BCUT2D eigenvalue weighted by molar-refractivity contribution is 5.73. The average Bonchev–Trinajstić information content (AvgIpc) is 2.30. The Morgan fingerprint density at radius 3 is 2.88 bits per heavy atom. The number of ether oxygens (including phenoxy) is 1. The van der Waals surface area contributed by atoms with Crippen molar-refractivity contribution in [2.75, 3.05) is 19.0 Å². The third-order valence-electron chi connectivity index (χ3n) is 2.37. The predicted octanol–water partition coefficient (Wildman–Crippen LogP) is 0.861. The monoisotopic (exact) mass is 238 g/mol. The zero-order chi connectivity index (χ0) is 12.7. The maximum atomic E-state index is 10.5. The summed E-state index contributed by atoms with van der Waals surface area (Å²) in [4.78, 5) is 18.7. The van der Waals surface area contributed by atoms with E-state index in [1.54, 1.807) is 7.11 Å². The van der Waals surface area contributed by atoms with E-state index in [4.69, 9.17) is 10.5 Å². The van der Waals surface area contributed by atoms with Crippen molar-refractivity contribution in [2.45, 2.75) is 26.2 Å². The topological polar surface area (TPSA) is 90.1 Å². The van der Waals surface area contributed by atoms with Gasteiger partial charge in [-0.3, -0.25) is 4.79 Å². The lowest BCUT2D eigenvalue weighted by molar-refractivity contribution is -0.118. The lowest BCUT2D eigenvalue weighted by Gasteiger charge is -2.09. The standard InChI is InChI=1S/C11H18N4O2/c1-8-10(14-7-15-11(8)17-2)13-6-4-3-5-9(12)16/h7H,3-6H2,1-2H3,(H2,12,16)(H,13,14,15). The van der Waals surface area contributed by atoms with E-state index >= 15 is 0 Å². The second kappa shape index (κ2) is 6.67. The number of hydrogen-bond acceptors (Lipinski definition) is 5. The van der Waals surface area contributed by atoms with Crippen molar-refractivity contribution in [3.05, 3.63) is 11.9 Å². The maximum absolute atomic E-state index is 10.5. The molecule has 1 rings (SSSR count). The number of nitrogens with one attached hydrogen (secondary N) is 1. The van der Waals surface area contributed by atoms with E-state index in [9.17, 15) is 4.79 Å². The van der Waals surface area contributed by atoms with Crippen LogP contribution in [0.5, 0.6) is 5.88 Å². The van der Waals surface area contributed by atoms with Crippen LogP contribution in [-0.4, -0.2) is 29.5 Å². The van der Waals surface area contributed by atoms with Crippen LogP contribution < -0.4 is 15.8 Å². The largest absolute Gasteiger partial charge is 0.481 e. The van der Waals surface area contributed by atoms with Crippen molar-refractivity contribution >= 4 is 11.7 Å². The Morgan fingerprint density at radius 2 is 2.24 bits per heavy atom. The second-order valence-corrected chi connectivity index (χ2v) is 3.71. The summed E-state index contributed by atoms with van der Waals surface area (Å²) in [6.45, 7) is 2.64. The third kappa shape index (κ3) is 4.26. The Labute approximate surface area is 101 Å². The first-order chi connectivity index (χ1) is 8.15. The number of carbonyl (C=O) groups is 1. The average molecular weight is 238 g/mol. The van der Waals surface area contributed by atoms with Crippen molar-refractivity contribution in [2.24, 2.45) is 5.73 Å². The fraction of sp³-hybridized carbons (Fsp3) is 0.545. The van der Waals surface area contributed by atoms with E-state index in [1.807, 2.05) is 6.92 Å². The number of primary amides is 1. The first-order valence-corrected chi connectivity index (χ1v) is 5.53. The highest BCUT2D eigenvalue weighted by Crippen LogP contribution is 2.19. The van der Waals surface area contributed by atoms with Gasteiger partial charge < -0.3 is 15.8 Å². The molecule has 1 aromatic heterocycles. The lowest BCUT2D eigenvalue weighted by atomic mass is 10.2. The molecule has 0 aromatic carbocycles. The van der Waals surface area contributed by atoms with Gasteiger partial charge in [-0.05, 0) is 19.8 Å². The quantitative estimate of drug-likeness (QED) is 0.688. The van der Waals surface area contributed by atoms with Crippen molar-refractivity contribution < 1.29 is 9.53 Å².